The number of aromatic nitrogens is 1. The molecule has 2 atom stereocenters. The molecule has 0 aliphatic heterocycles. The number of thiophene rings is 1. The van der Waals surface area contributed by atoms with Crippen molar-refractivity contribution in [1.82, 2.24) is 10.3 Å². The Morgan fingerprint density at radius 1 is 1.55 bits per heavy atom. The number of hydrogen-bond acceptors (Lipinski definition) is 5. The van der Waals surface area contributed by atoms with Gasteiger partial charge in [-0.05, 0) is 37.3 Å². The number of carbonyl (C=O) groups is 1. The van der Waals surface area contributed by atoms with Gasteiger partial charge in [-0.3, -0.25) is 4.79 Å². The molecular formula is C14H17N3O2S. The lowest BCUT2D eigenvalue weighted by atomic mass is 10.1. The van der Waals surface area contributed by atoms with Crippen LogP contribution in [0.25, 0.3) is 10.2 Å². The fourth-order valence-electron chi connectivity index (χ4n) is 2.67. The van der Waals surface area contributed by atoms with Gasteiger partial charge >= 0.3 is 0 Å². The van der Waals surface area contributed by atoms with Crippen molar-refractivity contribution in [2.45, 2.75) is 25.4 Å². The smallest absolute Gasteiger partial charge is 0.263 e. The fourth-order valence-corrected chi connectivity index (χ4v) is 3.65. The maximum Gasteiger partial charge on any atom is 0.263 e. The largest absolute Gasteiger partial charge is 0.397 e. The van der Waals surface area contributed by atoms with E-state index in [4.69, 9.17) is 5.73 Å². The molecule has 1 saturated carbocycles. The van der Waals surface area contributed by atoms with Gasteiger partial charge in [0.25, 0.3) is 5.91 Å². The van der Waals surface area contributed by atoms with Gasteiger partial charge in [0.15, 0.2) is 0 Å². The van der Waals surface area contributed by atoms with E-state index < -0.39 is 0 Å². The van der Waals surface area contributed by atoms with Crippen molar-refractivity contribution in [2.24, 2.45) is 5.92 Å². The Morgan fingerprint density at radius 2 is 2.40 bits per heavy atom. The zero-order chi connectivity index (χ0) is 14.1. The van der Waals surface area contributed by atoms with E-state index in [0.717, 1.165) is 29.5 Å². The third kappa shape index (κ3) is 2.48. The average Bonchev–Trinajstić information content (AvgIpc) is 3.01. The van der Waals surface area contributed by atoms with Crippen LogP contribution in [0.1, 0.15) is 28.9 Å². The Bertz CT molecular complexity index is 640. The number of fused-ring (bicyclic) bond motifs is 1. The third-order valence-corrected chi connectivity index (χ3v) is 4.90. The molecule has 2 unspecified atom stereocenters. The average molecular weight is 291 g/mol. The molecule has 20 heavy (non-hydrogen) atoms. The van der Waals surface area contributed by atoms with Gasteiger partial charge in [-0.2, -0.15) is 0 Å². The topological polar surface area (TPSA) is 88.2 Å². The molecule has 1 aliphatic rings. The molecule has 1 fully saturated rings. The molecule has 2 heterocycles. The Labute approximate surface area is 120 Å². The van der Waals surface area contributed by atoms with Crippen LogP contribution in [0.5, 0.6) is 0 Å². The highest BCUT2D eigenvalue weighted by molar-refractivity contribution is 7.21. The summed E-state index contributed by atoms with van der Waals surface area (Å²) in [5.74, 6) is 0.217. The van der Waals surface area contributed by atoms with Crippen molar-refractivity contribution in [3.63, 3.8) is 0 Å². The minimum atomic E-state index is -0.213. The molecule has 0 bridgehead atoms. The summed E-state index contributed by atoms with van der Waals surface area (Å²) < 4.78 is 0. The van der Waals surface area contributed by atoms with Crippen LogP contribution in [0.2, 0.25) is 0 Å². The number of anilines is 1. The van der Waals surface area contributed by atoms with Crippen LogP contribution in [0.4, 0.5) is 5.69 Å². The maximum atomic E-state index is 12.2. The van der Waals surface area contributed by atoms with Crippen molar-refractivity contribution < 1.29 is 9.90 Å². The SMILES string of the molecule is Nc1c(C(=O)NCC2CCC(O)C2)sc2ncccc12. The summed E-state index contributed by atoms with van der Waals surface area (Å²) in [6, 6.07) is 3.69. The predicted molar refractivity (Wildman–Crippen MR) is 79.7 cm³/mol. The molecule has 0 radical (unpaired) electrons. The summed E-state index contributed by atoms with van der Waals surface area (Å²) in [5, 5.41) is 13.2. The van der Waals surface area contributed by atoms with Crippen molar-refractivity contribution in [1.29, 1.82) is 0 Å². The van der Waals surface area contributed by atoms with E-state index in [-0.39, 0.29) is 12.0 Å². The minimum absolute atomic E-state index is 0.146. The zero-order valence-corrected chi connectivity index (χ0v) is 11.8. The van der Waals surface area contributed by atoms with E-state index in [1.807, 2.05) is 12.1 Å². The number of nitrogens with zero attached hydrogens (tertiary/aromatic N) is 1. The lowest BCUT2D eigenvalue weighted by Crippen LogP contribution is -2.28. The van der Waals surface area contributed by atoms with E-state index in [1.54, 1.807) is 6.20 Å². The van der Waals surface area contributed by atoms with Gasteiger partial charge in [0.1, 0.15) is 9.71 Å². The number of carbonyl (C=O) groups excluding carboxylic acids is 1. The molecule has 1 aliphatic carbocycles. The number of amides is 1. The zero-order valence-electron chi connectivity index (χ0n) is 11.0. The van der Waals surface area contributed by atoms with Crippen LogP contribution in [0.3, 0.4) is 0 Å². The summed E-state index contributed by atoms with van der Waals surface area (Å²) in [6.07, 6.45) is 4.04. The number of aliphatic hydroxyl groups excluding tert-OH is 1. The molecule has 4 N–H and O–H groups in total. The van der Waals surface area contributed by atoms with E-state index in [9.17, 15) is 9.90 Å². The summed E-state index contributed by atoms with van der Waals surface area (Å²) in [7, 11) is 0. The van der Waals surface area contributed by atoms with E-state index in [2.05, 4.69) is 10.3 Å². The highest BCUT2D eigenvalue weighted by Crippen LogP contribution is 2.32. The summed E-state index contributed by atoms with van der Waals surface area (Å²) in [5.41, 5.74) is 6.52. The van der Waals surface area contributed by atoms with Crippen molar-refractivity contribution in [3.05, 3.63) is 23.2 Å². The third-order valence-electron chi connectivity index (χ3n) is 3.78. The van der Waals surface area contributed by atoms with E-state index in [0.29, 0.717) is 23.0 Å². The Morgan fingerprint density at radius 3 is 3.10 bits per heavy atom. The van der Waals surface area contributed by atoms with Gasteiger partial charge in [0, 0.05) is 18.1 Å². The highest BCUT2D eigenvalue weighted by Gasteiger charge is 2.24. The second-order valence-corrected chi connectivity index (χ2v) is 6.24. The Balaban J connectivity index is 1.71. The van der Waals surface area contributed by atoms with Crippen LogP contribution in [-0.4, -0.2) is 28.6 Å². The first-order chi connectivity index (χ1) is 9.65. The van der Waals surface area contributed by atoms with Gasteiger partial charge in [0.2, 0.25) is 0 Å². The second kappa shape index (κ2) is 5.38. The molecule has 2 aromatic heterocycles. The molecule has 6 heteroatoms. The fraction of sp³-hybridized carbons (Fsp3) is 0.429. The first kappa shape index (κ1) is 13.3. The number of hydrogen-bond donors (Lipinski definition) is 3. The standard InChI is InChI=1S/C14H17N3O2S/c15-11-10-2-1-5-16-14(10)20-12(11)13(19)17-7-8-3-4-9(18)6-8/h1-2,5,8-9,18H,3-4,6-7,15H2,(H,17,19). The van der Waals surface area contributed by atoms with Gasteiger partial charge < -0.3 is 16.2 Å². The lowest BCUT2D eigenvalue weighted by molar-refractivity contribution is 0.0950. The van der Waals surface area contributed by atoms with E-state index >= 15 is 0 Å². The summed E-state index contributed by atoms with van der Waals surface area (Å²) >= 11 is 1.32. The lowest BCUT2D eigenvalue weighted by Gasteiger charge is -2.10. The van der Waals surface area contributed by atoms with Crippen LogP contribution in [0.15, 0.2) is 18.3 Å². The number of pyridine rings is 1. The number of nitrogen functional groups attached to an aromatic ring is 1. The molecular weight excluding hydrogens is 274 g/mol. The van der Waals surface area contributed by atoms with Crippen LogP contribution in [-0.2, 0) is 0 Å². The molecule has 1 amide bonds. The number of nitrogens with two attached hydrogens (primary N) is 1. The Hall–Kier alpha value is -1.66. The van der Waals surface area contributed by atoms with Crippen molar-refractivity contribution in [3.8, 4) is 0 Å². The first-order valence-corrected chi connectivity index (χ1v) is 7.56. The normalized spacial score (nSPS) is 22.2. The number of rotatable bonds is 3. The molecule has 5 nitrogen and oxygen atoms in total. The molecule has 0 saturated heterocycles. The Kier molecular flexibility index (Phi) is 3.58. The van der Waals surface area contributed by atoms with Gasteiger partial charge in [-0.1, -0.05) is 0 Å². The highest BCUT2D eigenvalue weighted by atomic mass is 32.1. The van der Waals surface area contributed by atoms with Crippen LogP contribution < -0.4 is 11.1 Å². The molecule has 0 aromatic carbocycles. The number of aliphatic hydroxyl groups is 1. The summed E-state index contributed by atoms with van der Waals surface area (Å²) in [4.78, 5) is 17.7. The maximum absolute atomic E-state index is 12.2. The van der Waals surface area contributed by atoms with Crippen LogP contribution >= 0.6 is 11.3 Å². The monoisotopic (exact) mass is 291 g/mol. The molecule has 0 spiro atoms. The first-order valence-electron chi connectivity index (χ1n) is 6.74. The quantitative estimate of drug-likeness (QED) is 0.804. The van der Waals surface area contributed by atoms with Crippen molar-refractivity contribution >= 4 is 33.1 Å². The van der Waals surface area contributed by atoms with Crippen LogP contribution in [0, 0.1) is 5.92 Å². The molecule has 2 aromatic rings. The number of nitrogens with one attached hydrogen (secondary N) is 1. The van der Waals surface area contributed by atoms with Gasteiger partial charge in [-0.25, -0.2) is 4.98 Å². The predicted octanol–water partition coefficient (Wildman–Crippen LogP) is 1.77. The minimum Gasteiger partial charge on any atom is -0.397 e. The molecule has 106 valence electrons. The van der Waals surface area contributed by atoms with Gasteiger partial charge in [-0.15, -0.1) is 11.3 Å². The van der Waals surface area contributed by atoms with Gasteiger partial charge in [0.05, 0.1) is 11.8 Å². The van der Waals surface area contributed by atoms with E-state index in [1.165, 1.54) is 11.3 Å². The second-order valence-electron chi connectivity index (χ2n) is 5.24. The summed E-state index contributed by atoms with van der Waals surface area (Å²) in [6.45, 7) is 0.594. The van der Waals surface area contributed by atoms with Crippen molar-refractivity contribution in [2.75, 3.05) is 12.3 Å². The molecule has 3 rings (SSSR count).